The van der Waals surface area contributed by atoms with Gasteiger partial charge in [0.2, 0.25) is 12.2 Å². The molecule has 0 amide bonds. The van der Waals surface area contributed by atoms with Gasteiger partial charge in [-0.25, -0.2) is 23.7 Å². The highest BCUT2D eigenvalue weighted by atomic mass is 31.3. The maximum Gasteiger partial charge on any atom is 0.490 e. The lowest BCUT2D eigenvalue weighted by molar-refractivity contribution is -0.0946. The van der Waals surface area contributed by atoms with Gasteiger partial charge in [0.25, 0.3) is 0 Å². The molecule has 1 saturated heterocycles. The molecule has 3 unspecified atom stereocenters. The van der Waals surface area contributed by atoms with E-state index in [2.05, 4.69) is 33.3 Å². The smallest absolute Gasteiger partial charge is 0.387 e. The fraction of sp³-hybridized carbons (Fsp3) is 0.429. The topological polar surface area (TPSA) is 305 Å². The second-order valence-corrected chi connectivity index (χ2v) is 12.2. The van der Waals surface area contributed by atoms with E-state index in [4.69, 9.17) is 24.8 Å². The van der Waals surface area contributed by atoms with Crippen molar-refractivity contribution >= 4 is 40.3 Å². The fourth-order valence-corrected chi connectivity index (χ4v) is 6.62. The maximum absolute atomic E-state index is 12.0. The van der Waals surface area contributed by atoms with Crippen LogP contribution in [0, 0.1) is 0 Å². The minimum atomic E-state index is -5.75. The van der Waals surface area contributed by atoms with E-state index in [-0.39, 0.29) is 28.2 Å². The van der Waals surface area contributed by atoms with E-state index in [1.54, 1.807) is 0 Å². The van der Waals surface area contributed by atoms with Crippen LogP contribution in [0.4, 0.5) is 5.82 Å². The number of phosphoric ester groups is 1. The average molecular weight is 588 g/mol. The summed E-state index contributed by atoms with van der Waals surface area (Å²) in [5.74, 6) is 0.110. The van der Waals surface area contributed by atoms with Crippen LogP contribution in [0.1, 0.15) is 13.2 Å². The number of hydrogen-bond donors (Lipinski definition) is 7. The maximum atomic E-state index is 12.0. The third kappa shape index (κ3) is 5.81. The van der Waals surface area contributed by atoms with Gasteiger partial charge in [-0.2, -0.15) is 13.6 Å². The van der Waals surface area contributed by atoms with Crippen molar-refractivity contribution in [3.05, 3.63) is 18.9 Å². The molecule has 1 aliphatic rings. The summed E-state index contributed by atoms with van der Waals surface area (Å²) in [6.07, 6.45) is -1.18. The zero-order valence-electron chi connectivity index (χ0n) is 18.3. The lowest BCUT2D eigenvalue weighted by Gasteiger charge is -2.27. The highest BCUT2D eigenvalue weighted by molar-refractivity contribution is 7.66. The Labute approximate surface area is 205 Å². The van der Waals surface area contributed by atoms with E-state index >= 15 is 0 Å². The number of hydrogen-bond acceptors (Lipinski definition) is 15. The summed E-state index contributed by atoms with van der Waals surface area (Å²) in [6, 6.07) is 0. The highest BCUT2D eigenvalue weighted by Crippen LogP contribution is 2.66. The number of nitrogens with two attached hydrogens (primary N) is 1. The van der Waals surface area contributed by atoms with E-state index in [9.17, 15) is 33.7 Å². The molecule has 4 heterocycles. The van der Waals surface area contributed by atoms with Crippen LogP contribution in [0.3, 0.4) is 0 Å². The SMILES string of the molecule is C[C@@]1(O)[C@H](O)C(COP(=O)(O)OP(=O)(O)OP(=O)(O)O)O[C@H]1n1cc(-c2ncon2)c2c(N)ncnc21. The molecule has 1 aliphatic heterocycles. The van der Waals surface area contributed by atoms with Crippen LogP contribution in [0.25, 0.3) is 22.4 Å². The van der Waals surface area contributed by atoms with Gasteiger partial charge in [-0.3, -0.25) is 4.52 Å². The van der Waals surface area contributed by atoms with Crippen molar-refractivity contribution in [2.24, 2.45) is 0 Å². The van der Waals surface area contributed by atoms with Crippen molar-refractivity contribution in [2.75, 3.05) is 12.3 Å². The molecule has 1 fully saturated rings. The third-order valence-corrected chi connectivity index (χ3v) is 8.87. The molecule has 3 aromatic heterocycles. The molecular formula is C14H19N6O14P3. The second-order valence-electron chi connectivity index (χ2n) is 7.75. The molecule has 6 atom stereocenters. The van der Waals surface area contributed by atoms with Crippen molar-refractivity contribution in [3.8, 4) is 11.4 Å². The number of anilines is 1. The first-order valence-corrected chi connectivity index (χ1v) is 14.2. The zero-order valence-corrected chi connectivity index (χ0v) is 21.0. The Bertz CT molecular complexity index is 1440. The van der Waals surface area contributed by atoms with Gasteiger partial charge in [0.1, 0.15) is 35.6 Å². The largest absolute Gasteiger partial charge is 0.490 e. The molecule has 3 aromatic rings. The highest BCUT2D eigenvalue weighted by Gasteiger charge is 2.54. The Hall–Kier alpha value is -2.15. The number of aromatic nitrogens is 5. The van der Waals surface area contributed by atoms with Gasteiger partial charge in [-0.15, -0.1) is 0 Å². The molecule has 20 nitrogen and oxygen atoms in total. The fourth-order valence-electron chi connectivity index (χ4n) is 3.59. The number of phosphoric acid groups is 3. The molecule has 23 heteroatoms. The van der Waals surface area contributed by atoms with E-state index in [1.807, 2.05) is 0 Å². The van der Waals surface area contributed by atoms with Gasteiger partial charge in [0, 0.05) is 6.20 Å². The molecule has 0 aliphatic carbocycles. The van der Waals surface area contributed by atoms with Crippen LogP contribution in [0.5, 0.6) is 0 Å². The Morgan fingerprint density at radius 2 is 1.84 bits per heavy atom. The van der Waals surface area contributed by atoms with Crippen LogP contribution < -0.4 is 5.73 Å². The van der Waals surface area contributed by atoms with Crippen LogP contribution >= 0.6 is 23.5 Å². The van der Waals surface area contributed by atoms with Crippen LogP contribution in [-0.2, 0) is 31.6 Å². The summed E-state index contributed by atoms with van der Waals surface area (Å²) in [5.41, 5.74) is 4.30. The number of aliphatic hydroxyl groups excluding tert-OH is 1. The van der Waals surface area contributed by atoms with Crippen molar-refractivity contribution in [2.45, 2.75) is 31.0 Å². The van der Waals surface area contributed by atoms with Crippen molar-refractivity contribution in [1.29, 1.82) is 0 Å². The molecule has 0 aromatic carbocycles. The second kappa shape index (κ2) is 9.55. The Morgan fingerprint density at radius 3 is 2.46 bits per heavy atom. The molecule has 0 radical (unpaired) electrons. The normalized spacial score (nSPS) is 27.8. The quantitative estimate of drug-likeness (QED) is 0.154. The molecule has 4 rings (SSSR count). The van der Waals surface area contributed by atoms with Crippen molar-refractivity contribution in [1.82, 2.24) is 24.7 Å². The molecule has 0 saturated carbocycles. The van der Waals surface area contributed by atoms with E-state index in [1.165, 1.54) is 17.7 Å². The first kappa shape index (κ1) is 27.9. The number of nitrogen functional groups attached to an aromatic ring is 1. The van der Waals surface area contributed by atoms with Gasteiger partial charge in [-0.1, -0.05) is 5.16 Å². The zero-order chi connectivity index (χ0) is 27.4. The lowest BCUT2D eigenvalue weighted by atomic mass is 9.96. The van der Waals surface area contributed by atoms with Gasteiger partial charge in [0.05, 0.1) is 17.6 Å². The van der Waals surface area contributed by atoms with Crippen LogP contribution in [0.2, 0.25) is 0 Å². The summed E-state index contributed by atoms with van der Waals surface area (Å²) in [7, 11) is -16.8. The number of aliphatic hydroxyl groups is 2. The summed E-state index contributed by atoms with van der Waals surface area (Å²) < 4.78 is 57.7. The predicted molar refractivity (Wildman–Crippen MR) is 116 cm³/mol. The standard InChI is InChI=1S/C14H19N6O14P3/c1-14(22)9(21)7(3-31-36(26,27)34-37(28,29)33-35(23,24)25)32-13(14)20-2-6(11-18-5-30-19-11)8-10(15)16-4-17-12(8)20/h2,4-5,7,9,13,21-22H,3H2,1H3,(H,26,27)(H,28,29)(H2,15,16,17)(H2,23,24,25)/t7?,9-,13-,14-/m1/s1. The molecule has 37 heavy (non-hydrogen) atoms. The predicted octanol–water partition coefficient (Wildman–Crippen LogP) is -0.584. The van der Waals surface area contributed by atoms with E-state index in [0.717, 1.165) is 12.7 Å². The Balaban J connectivity index is 1.59. The minimum absolute atomic E-state index is 0.0194. The number of nitrogens with zero attached hydrogens (tertiary/aromatic N) is 5. The number of fused-ring (bicyclic) bond motifs is 1. The van der Waals surface area contributed by atoms with E-state index in [0.29, 0.717) is 0 Å². The monoisotopic (exact) mass is 588 g/mol. The van der Waals surface area contributed by atoms with Gasteiger partial charge in [-0.05, 0) is 6.92 Å². The molecular weight excluding hydrogens is 569 g/mol. The molecule has 204 valence electrons. The van der Waals surface area contributed by atoms with Crippen molar-refractivity contribution < 1.29 is 65.9 Å². The molecule has 0 bridgehead atoms. The van der Waals surface area contributed by atoms with Crippen LogP contribution in [-0.4, -0.2) is 78.9 Å². The van der Waals surface area contributed by atoms with Gasteiger partial charge >= 0.3 is 23.5 Å². The molecule has 0 spiro atoms. The van der Waals surface area contributed by atoms with Gasteiger partial charge in [0.15, 0.2) is 6.23 Å². The van der Waals surface area contributed by atoms with Crippen molar-refractivity contribution in [3.63, 3.8) is 0 Å². The Kier molecular flexibility index (Phi) is 7.19. The molecule has 8 N–H and O–H groups in total. The van der Waals surface area contributed by atoms with Gasteiger partial charge < -0.3 is 49.3 Å². The van der Waals surface area contributed by atoms with Crippen LogP contribution in [0.15, 0.2) is 23.4 Å². The summed E-state index contributed by atoms with van der Waals surface area (Å²) in [4.78, 5) is 48.1. The lowest BCUT2D eigenvalue weighted by Crippen LogP contribution is -2.44. The summed E-state index contributed by atoms with van der Waals surface area (Å²) in [5, 5.41) is 25.7. The third-order valence-electron chi connectivity index (χ3n) is 5.07. The summed E-state index contributed by atoms with van der Waals surface area (Å²) >= 11 is 0. The van der Waals surface area contributed by atoms with E-state index < -0.39 is 54.1 Å². The number of ether oxygens (including phenoxy) is 1. The number of rotatable bonds is 9. The minimum Gasteiger partial charge on any atom is -0.387 e. The Morgan fingerprint density at radius 1 is 1.14 bits per heavy atom. The first-order chi connectivity index (χ1) is 17.0. The first-order valence-electron chi connectivity index (χ1n) is 9.73. The average Bonchev–Trinajstić information content (AvgIpc) is 3.43. The summed E-state index contributed by atoms with van der Waals surface area (Å²) in [6.45, 7) is 0.170.